The van der Waals surface area contributed by atoms with Crippen LogP contribution in [0.15, 0.2) is 28.8 Å². The Bertz CT molecular complexity index is 868. The first-order valence-corrected chi connectivity index (χ1v) is 7.30. The Balaban J connectivity index is 1.85. The summed E-state index contributed by atoms with van der Waals surface area (Å²) in [5.41, 5.74) is 1.64. The molecule has 7 nitrogen and oxygen atoms in total. The Morgan fingerprint density at radius 1 is 1.30 bits per heavy atom. The molecule has 2 heterocycles. The van der Waals surface area contributed by atoms with E-state index in [2.05, 4.69) is 20.6 Å². The van der Waals surface area contributed by atoms with Crippen molar-refractivity contribution < 1.29 is 9.21 Å². The van der Waals surface area contributed by atoms with Crippen LogP contribution in [-0.2, 0) is 7.05 Å². The van der Waals surface area contributed by atoms with Crippen LogP contribution in [0.2, 0.25) is 10.0 Å². The third kappa shape index (κ3) is 3.06. The number of benzene rings is 1. The molecule has 1 aromatic carbocycles. The van der Waals surface area contributed by atoms with Crippen LogP contribution in [0, 0.1) is 6.92 Å². The zero-order chi connectivity index (χ0) is 16.6. The Morgan fingerprint density at radius 3 is 2.78 bits per heavy atom. The lowest BCUT2D eigenvalue weighted by Crippen LogP contribution is -2.17. The van der Waals surface area contributed by atoms with E-state index in [1.807, 2.05) is 0 Å². The molecule has 2 aromatic heterocycles. The van der Waals surface area contributed by atoms with E-state index in [0.717, 1.165) is 5.56 Å². The molecule has 118 valence electrons. The number of nitrogens with zero attached hydrogens (tertiary/aromatic N) is 4. The highest BCUT2D eigenvalue weighted by atomic mass is 35.5. The predicted molar refractivity (Wildman–Crippen MR) is 85.7 cm³/mol. The lowest BCUT2D eigenvalue weighted by Gasteiger charge is -2.02. The minimum absolute atomic E-state index is 0.0401. The van der Waals surface area contributed by atoms with E-state index in [-0.39, 0.29) is 11.9 Å². The summed E-state index contributed by atoms with van der Waals surface area (Å²) in [7, 11) is 1.67. The Morgan fingerprint density at radius 2 is 2.09 bits per heavy atom. The molecule has 0 unspecified atom stereocenters. The number of halogens is 2. The van der Waals surface area contributed by atoms with Gasteiger partial charge in [-0.05, 0) is 30.7 Å². The Labute approximate surface area is 141 Å². The standard InChI is InChI=1S/C14H11Cl2N5O2/c1-7-6-17-21(2)11(7)12(22)18-14-20-19-13(23-14)9-5-8(15)3-4-10(9)16/h3-6H,1-2H3,(H,18,20,22). The summed E-state index contributed by atoms with van der Waals surface area (Å²) in [6, 6.07) is 4.84. The molecule has 0 radical (unpaired) electrons. The van der Waals surface area contributed by atoms with Crippen molar-refractivity contribution in [2.75, 3.05) is 5.32 Å². The second-order valence-corrected chi connectivity index (χ2v) is 5.63. The second-order valence-electron chi connectivity index (χ2n) is 4.79. The van der Waals surface area contributed by atoms with Crippen LogP contribution < -0.4 is 5.32 Å². The van der Waals surface area contributed by atoms with E-state index in [1.54, 1.807) is 38.4 Å². The molecular weight excluding hydrogens is 341 g/mol. The van der Waals surface area contributed by atoms with Gasteiger partial charge in [0.1, 0.15) is 5.69 Å². The van der Waals surface area contributed by atoms with E-state index in [9.17, 15) is 4.79 Å². The molecule has 23 heavy (non-hydrogen) atoms. The Kier molecular flexibility index (Phi) is 4.06. The number of hydrogen-bond donors (Lipinski definition) is 1. The number of aromatic nitrogens is 4. The van der Waals surface area contributed by atoms with Gasteiger partial charge in [0.15, 0.2) is 0 Å². The molecule has 9 heteroatoms. The van der Waals surface area contributed by atoms with Gasteiger partial charge >= 0.3 is 6.01 Å². The first-order chi connectivity index (χ1) is 11.0. The summed E-state index contributed by atoms with van der Waals surface area (Å²) in [5.74, 6) is -0.232. The lowest BCUT2D eigenvalue weighted by atomic mass is 10.2. The molecule has 0 saturated carbocycles. The van der Waals surface area contributed by atoms with Gasteiger partial charge in [-0.3, -0.25) is 14.8 Å². The average molecular weight is 352 g/mol. The fourth-order valence-corrected chi connectivity index (χ4v) is 2.44. The molecule has 0 bridgehead atoms. The summed E-state index contributed by atoms with van der Waals surface area (Å²) in [4.78, 5) is 12.2. The van der Waals surface area contributed by atoms with Crippen molar-refractivity contribution in [3.8, 4) is 11.5 Å². The first-order valence-electron chi connectivity index (χ1n) is 6.54. The quantitative estimate of drug-likeness (QED) is 0.781. The smallest absolute Gasteiger partial charge is 0.322 e. The number of aryl methyl sites for hydroxylation is 2. The average Bonchev–Trinajstić information content (AvgIpc) is 3.08. The largest absolute Gasteiger partial charge is 0.403 e. The maximum absolute atomic E-state index is 12.2. The monoisotopic (exact) mass is 351 g/mol. The van der Waals surface area contributed by atoms with Gasteiger partial charge in [-0.1, -0.05) is 28.3 Å². The van der Waals surface area contributed by atoms with Crippen molar-refractivity contribution in [2.45, 2.75) is 6.92 Å². The van der Waals surface area contributed by atoms with Crippen LogP contribution in [0.1, 0.15) is 16.1 Å². The van der Waals surface area contributed by atoms with Crippen LogP contribution >= 0.6 is 23.2 Å². The van der Waals surface area contributed by atoms with Gasteiger partial charge < -0.3 is 4.42 Å². The number of anilines is 1. The molecule has 0 aliphatic carbocycles. The zero-order valence-corrected chi connectivity index (χ0v) is 13.7. The number of amides is 1. The maximum atomic E-state index is 12.2. The van der Waals surface area contributed by atoms with Crippen LogP contribution in [0.4, 0.5) is 6.01 Å². The normalized spacial score (nSPS) is 10.8. The molecule has 0 spiro atoms. The molecule has 1 amide bonds. The topological polar surface area (TPSA) is 85.8 Å². The van der Waals surface area contributed by atoms with Crippen LogP contribution in [-0.4, -0.2) is 25.9 Å². The summed E-state index contributed by atoms with van der Waals surface area (Å²) < 4.78 is 6.90. The highest BCUT2D eigenvalue weighted by Crippen LogP contribution is 2.30. The third-order valence-corrected chi connectivity index (χ3v) is 3.71. The molecule has 0 aliphatic heterocycles. The van der Waals surface area contributed by atoms with Crippen LogP contribution in [0.5, 0.6) is 0 Å². The van der Waals surface area contributed by atoms with Gasteiger partial charge in [-0.25, -0.2) is 0 Å². The third-order valence-electron chi connectivity index (χ3n) is 3.14. The number of hydrogen-bond acceptors (Lipinski definition) is 5. The number of carbonyl (C=O) groups excluding carboxylic acids is 1. The molecule has 0 aliphatic rings. The maximum Gasteiger partial charge on any atom is 0.322 e. The summed E-state index contributed by atoms with van der Waals surface area (Å²) in [6.07, 6.45) is 1.60. The van der Waals surface area contributed by atoms with E-state index >= 15 is 0 Å². The van der Waals surface area contributed by atoms with Gasteiger partial charge in [0.2, 0.25) is 0 Å². The molecule has 1 N–H and O–H groups in total. The van der Waals surface area contributed by atoms with E-state index in [1.165, 1.54) is 4.68 Å². The fourth-order valence-electron chi connectivity index (χ4n) is 2.07. The SMILES string of the molecule is Cc1cnn(C)c1C(=O)Nc1nnc(-c2cc(Cl)ccc2Cl)o1. The lowest BCUT2D eigenvalue weighted by molar-refractivity contribution is 0.101. The van der Waals surface area contributed by atoms with Crippen molar-refractivity contribution in [1.82, 2.24) is 20.0 Å². The number of carbonyl (C=O) groups is 1. The van der Waals surface area contributed by atoms with Crippen molar-refractivity contribution in [3.63, 3.8) is 0 Å². The molecule has 0 fully saturated rings. The van der Waals surface area contributed by atoms with Crippen molar-refractivity contribution in [2.24, 2.45) is 7.05 Å². The predicted octanol–water partition coefficient (Wildman–Crippen LogP) is 3.34. The van der Waals surface area contributed by atoms with Crippen molar-refractivity contribution >= 4 is 35.1 Å². The molecule has 3 aromatic rings. The minimum Gasteiger partial charge on any atom is -0.403 e. The van der Waals surface area contributed by atoms with Crippen molar-refractivity contribution in [3.05, 3.63) is 45.7 Å². The van der Waals surface area contributed by atoms with Gasteiger partial charge in [-0.2, -0.15) is 5.10 Å². The number of rotatable bonds is 3. The highest BCUT2D eigenvalue weighted by Gasteiger charge is 2.18. The first kappa shape index (κ1) is 15.5. The van der Waals surface area contributed by atoms with E-state index in [0.29, 0.717) is 21.3 Å². The van der Waals surface area contributed by atoms with E-state index in [4.69, 9.17) is 27.6 Å². The molecular formula is C14H11Cl2N5O2. The molecule has 3 rings (SSSR count). The minimum atomic E-state index is -0.394. The molecule has 0 saturated heterocycles. The van der Waals surface area contributed by atoms with Gasteiger partial charge in [0, 0.05) is 12.1 Å². The Hall–Kier alpha value is -2.38. The second kappa shape index (κ2) is 6.02. The van der Waals surface area contributed by atoms with Gasteiger partial charge in [0.05, 0.1) is 16.8 Å². The van der Waals surface area contributed by atoms with Gasteiger partial charge in [0.25, 0.3) is 11.8 Å². The summed E-state index contributed by atoms with van der Waals surface area (Å²) in [6.45, 7) is 1.78. The van der Waals surface area contributed by atoms with Gasteiger partial charge in [-0.15, -0.1) is 5.10 Å². The zero-order valence-electron chi connectivity index (χ0n) is 12.2. The van der Waals surface area contributed by atoms with E-state index < -0.39 is 5.91 Å². The number of nitrogens with one attached hydrogen (secondary N) is 1. The fraction of sp³-hybridized carbons (Fsp3) is 0.143. The van der Waals surface area contributed by atoms with Crippen LogP contribution in [0.25, 0.3) is 11.5 Å². The summed E-state index contributed by atoms with van der Waals surface area (Å²) >= 11 is 12.0. The van der Waals surface area contributed by atoms with Crippen LogP contribution in [0.3, 0.4) is 0 Å². The molecule has 0 atom stereocenters. The summed E-state index contributed by atoms with van der Waals surface area (Å²) in [5, 5.41) is 15.1. The highest BCUT2D eigenvalue weighted by molar-refractivity contribution is 6.35. The van der Waals surface area contributed by atoms with Crippen molar-refractivity contribution in [1.29, 1.82) is 0 Å².